The highest BCUT2D eigenvalue weighted by Gasteiger charge is 2.22. The number of pyridine rings is 1. The molecular formula is C28H25Cl2F2N5O2. The van der Waals surface area contributed by atoms with Crippen molar-refractivity contribution in [3.63, 3.8) is 0 Å². The highest BCUT2D eigenvalue weighted by Crippen LogP contribution is 2.38. The lowest BCUT2D eigenvalue weighted by Crippen LogP contribution is -2.29. The Morgan fingerprint density at radius 2 is 1.85 bits per heavy atom. The minimum Gasteiger partial charge on any atom is -0.482 e. The molecule has 0 aliphatic carbocycles. The summed E-state index contributed by atoms with van der Waals surface area (Å²) < 4.78 is 35.7. The summed E-state index contributed by atoms with van der Waals surface area (Å²) in [6.07, 6.45) is 6.48. The Labute approximate surface area is 234 Å². The summed E-state index contributed by atoms with van der Waals surface area (Å²) >= 11 is 12.5. The number of nitrogens with zero attached hydrogens (tertiary/aromatic N) is 3. The molecule has 0 radical (unpaired) electrons. The third kappa shape index (κ3) is 6.06. The molecule has 11 heteroatoms. The van der Waals surface area contributed by atoms with Crippen LogP contribution < -0.4 is 15.4 Å². The number of hydrogen-bond donors (Lipinski definition) is 2. The van der Waals surface area contributed by atoms with E-state index in [4.69, 9.17) is 27.9 Å². The summed E-state index contributed by atoms with van der Waals surface area (Å²) in [4.78, 5) is 17.3. The lowest BCUT2D eigenvalue weighted by Gasteiger charge is -2.22. The number of rotatable bonds is 7. The molecule has 4 aromatic rings. The topological polar surface area (TPSA) is 81.1 Å². The van der Waals surface area contributed by atoms with Crippen molar-refractivity contribution < 1.29 is 18.3 Å². The second-order valence-electron chi connectivity index (χ2n) is 9.24. The number of ether oxygens (including phenoxy) is 1. The van der Waals surface area contributed by atoms with Crippen LogP contribution in [-0.4, -0.2) is 33.8 Å². The minimum atomic E-state index is -0.795. The van der Waals surface area contributed by atoms with Gasteiger partial charge in [0.05, 0.1) is 17.3 Å². The van der Waals surface area contributed by atoms with Crippen molar-refractivity contribution in [3.05, 3.63) is 93.9 Å². The second kappa shape index (κ2) is 11.7. The van der Waals surface area contributed by atoms with E-state index in [-0.39, 0.29) is 32.7 Å². The van der Waals surface area contributed by atoms with Gasteiger partial charge < -0.3 is 15.4 Å². The predicted octanol–water partition coefficient (Wildman–Crippen LogP) is 6.85. The molecule has 1 fully saturated rings. The Morgan fingerprint density at radius 3 is 2.59 bits per heavy atom. The molecule has 1 aliphatic rings. The number of carbonyl (C=O) groups is 1. The molecule has 0 bridgehead atoms. The van der Waals surface area contributed by atoms with Crippen LogP contribution in [0.1, 0.15) is 47.8 Å². The van der Waals surface area contributed by atoms with Crippen LogP contribution in [0.4, 0.5) is 14.6 Å². The van der Waals surface area contributed by atoms with Gasteiger partial charge in [0.1, 0.15) is 17.7 Å². The van der Waals surface area contributed by atoms with E-state index in [2.05, 4.69) is 20.7 Å². The lowest BCUT2D eigenvalue weighted by molar-refractivity contribution is 0.102. The van der Waals surface area contributed by atoms with E-state index in [0.29, 0.717) is 11.6 Å². The molecular weight excluding hydrogens is 547 g/mol. The number of amides is 1. The first-order chi connectivity index (χ1) is 18.8. The quantitative estimate of drug-likeness (QED) is 0.237. The molecule has 202 valence electrons. The van der Waals surface area contributed by atoms with E-state index in [0.717, 1.165) is 31.5 Å². The van der Waals surface area contributed by atoms with Crippen LogP contribution in [0, 0.1) is 11.6 Å². The molecule has 0 unspecified atom stereocenters. The molecule has 0 spiro atoms. The first kappa shape index (κ1) is 27.1. The highest BCUT2D eigenvalue weighted by molar-refractivity contribution is 6.36. The Morgan fingerprint density at radius 1 is 1.10 bits per heavy atom. The van der Waals surface area contributed by atoms with Gasteiger partial charge in [0, 0.05) is 39.7 Å². The van der Waals surface area contributed by atoms with Crippen LogP contribution >= 0.6 is 23.2 Å². The highest BCUT2D eigenvalue weighted by atomic mass is 35.5. The van der Waals surface area contributed by atoms with E-state index in [1.54, 1.807) is 25.4 Å². The summed E-state index contributed by atoms with van der Waals surface area (Å²) in [5.41, 5.74) is 2.02. The monoisotopic (exact) mass is 571 g/mol. The van der Waals surface area contributed by atoms with Gasteiger partial charge in [-0.1, -0.05) is 23.2 Å². The fourth-order valence-electron chi connectivity index (χ4n) is 4.49. The van der Waals surface area contributed by atoms with Crippen LogP contribution in [0.2, 0.25) is 10.0 Å². The van der Waals surface area contributed by atoms with Gasteiger partial charge in [-0.3, -0.25) is 9.48 Å². The maximum absolute atomic E-state index is 14.2. The molecule has 7 nitrogen and oxygen atoms in total. The van der Waals surface area contributed by atoms with Gasteiger partial charge in [-0.25, -0.2) is 13.8 Å². The van der Waals surface area contributed by atoms with Gasteiger partial charge in [-0.05, 0) is 75.3 Å². The summed E-state index contributed by atoms with van der Waals surface area (Å²) in [6, 6.07) is 9.71. The van der Waals surface area contributed by atoms with Crippen molar-refractivity contribution >= 4 is 34.9 Å². The Bertz CT molecular complexity index is 1490. The fourth-order valence-corrected chi connectivity index (χ4v) is 5.17. The summed E-state index contributed by atoms with van der Waals surface area (Å²) in [5, 5.41) is 10.7. The zero-order chi connectivity index (χ0) is 27.5. The van der Waals surface area contributed by atoms with Crippen LogP contribution in [-0.2, 0) is 0 Å². The molecule has 0 saturated carbocycles. The second-order valence-corrected chi connectivity index (χ2v) is 10.0. The van der Waals surface area contributed by atoms with E-state index in [1.165, 1.54) is 36.4 Å². The van der Waals surface area contributed by atoms with Gasteiger partial charge in [0.15, 0.2) is 11.6 Å². The largest absolute Gasteiger partial charge is 0.482 e. The van der Waals surface area contributed by atoms with E-state index in [9.17, 15) is 13.6 Å². The van der Waals surface area contributed by atoms with Crippen LogP contribution in [0.3, 0.4) is 0 Å². The van der Waals surface area contributed by atoms with E-state index < -0.39 is 23.6 Å². The van der Waals surface area contributed by atoms with Crippen LogP contribution in [0.15, 0.2) is 61.1 Å². The van der Waals surface area contributed by atoms with Crippen molar-refractivity contribution in [2.75, 3.05) is 18.4 Å². The van der Waals surface area contributed by atoms with Crippen LogP contribution in [0.5, 0.6) is 5.75 Å². The van der Waals surface area contributed by atoms with Crippen molar-refractivity contribution in [2.45, 2.75) is 31.9 Å². The minimum absolute atomic E-state index is 0.120. The fraction of sp³-hybridized carbons (Fsp3) is 0.250. The maximum Gasteiger partial charge on any atom is 0.256 e. The third-order valence-corrected chi connectivity index (χ3v) is 7.31. The van der Waals surface area contributed by atoms with E-state index in [1.807, 2.05) is 10.9 Å². The van der Waals surface area contributed by atoms with Crippen LogP contribution in [0.25, 0.3) is 11.1 Å². The number of carbonyl (C=O) groups excluding carboxylic acids is 1. The molecule has 3 heterocycles. The van der Waals surface area contributed by atoms with Crippen molar-refractivity contribution in [1.82, 2.24) is 20.1 Å². The first-order valence-electron chi connectivity index (χ1n) is 12.4. The number of piperidine rings is 1. The molecule has 1 aliphatic heterocycles. The Hall–Kier alpha value is -3.53. The molecule has 5 rings (SSSR count). The molecule has 1 amide bonds. The zero-order valence-corrected chi connectivity index (χ0v) is 22.4. The summed E-state index contributed by atoms with van der Waals surface area (Å²) in [5.74, 6) is -1.27. The van der Waals surface area contributed by atoms with E-state index >= 15 is 0 Å². The van der Waals surface area contributed by atoms with Gasteiger partial charge in [0.2, 0.25) is 0 Å². The summed E-state index contributed by atoms with van der Waals surface area (Å²) in [6.45, 7) is 3.54. The van der Waals surface area contributed by atoms with Crippen molar-refractivity contribution in [1.29, 1.82) is 0 Å². The molecule has 2 N–H and O–H groups in total. The molecule has 2 aromatic carbocycles. The first-order valence-corrected chi connectivity index (χ1v) is 13.2. The smallest absolute Gasteiger partial charge is 0.256 e. The molecule has 1 atom stereocenters. The number of hydrogen-bond acceptors (Lipinski definition) is 5. The van der Waals surface area contributed by atoms with Gasteiger partial charge in [-0.2, -0.15) is 5.10 Å². The SMILES string of the molecule is C[C@@H](Oc1cc(-c2cnn(C3CCNCC3)c2)cnc1NC(=O)c1ccc(F)cc1)c1c(Cl)ccc(F)c1Cl. The number of halogens is 4. The average Bonchev–Trinajstić information content (AvgIpc) is 3.43. The Kier molecular flexibility index (Phi) is 8.11. The number of benzene rings is 2. The normalized spacial score (nSPS) is 14.7. The zero-order valence-electron chi connectivity index (χ0n) is 20.9. The average molecular weight is 572 g/mol. The number of aromatic nitrogens is 3. The van der Waals surface area contributed by atoms with Gasteiger partial charge in [-0.15, -0.1) is 0 Å². The van der Waals surface area contributed by atoms with Crippen molar-refractivity contribution in [3.8, 4) is 16.9 Å². The molecule has 39 heavy (non-hydrogen) atoms. The number of anilines is 1. The Balaban J connectivity index is 1.48. The maximum atomic E-state index is 14.2. The van der Waals surface area contributed by atoms with Gasteiger partial charge >= 0.3 is 0 Å². The van der Waals surface area contributed by atoms with Crippen molar-refractivity contribution in [2.24, 2.45) is 0 Å². The summed E-state index contributed by atoms with van der Waals surface area (Å²) in [7, 11) is 0. The number of nitrogens with one attached hydrogen (secondary N) is 2. The standard InChI is InChI=1S/C28H25Cl2F2N5O2/c1-16(25-22(29)6-7-23(32)26(25)30)39-24-12-18(19-14-35-37(15-19)21-8-10-33-11-9-21)13-34-27(24)36-28(38)17-2-4-20(31)5-3-17/h2-7,12-16,21,33H,8-11H2,1H3,(H,34,36,38)/t16-/m1/s1. The lowest BCUT2D eigenvalue weighted by atomic mass is 10.1. The predicted molar refractivity (Wildman–Crippen MR) is 146 cm³/mol. The molecule has 1 saturated heterocycles. The molecule has 2 aromatic heterocycles. The van der Waals surface area contributed by atoms with Gasteiger partial charge in [0.25, 0.3) is 5.91 Å². The third-order valence-electron chi connectivity index (χ3n) is 6.60.